The van der Waals surface area contributed by atoms with Crippen LogP contribution in [0.5, 0.6) is 5.75 Å². The molecule has 0 spiro atoms. The van der Waals surface area contributed by atoms with Crippen molar-refractivity contribution < 1.29 is 19.6 Å². The molecule has 0 fully saturated rings. The monoisotopic (exact) mass is 396 g/mol. The molecule has 0 unspecified atom stereocenters. The second kappa shape index (κ2) is 9.56. The van der Waals surface area contributed by atoms with E-state index in [2.05, 4.69) is 22.8 Å². The molecule has 2 aromatic rings. The van der Waals surface area contributed by atoms with Crippen LogP contribution in [0.2, 0.25) is 0 Å². The van der Waals surface area contributed by atoms with E-state index < -0.39 is 6.04 Å². The maximum absolute atomic E-state index is 12.9. The molecule has 2 atom stereocenters. The van der Waals surface area contributed by atoms with Crippen LogP contribution in [-0.2, 0) is 29.1 Å². The van der Waals surface area contributed by atoms with Crippen LogP contribution < -0.4 is 20.7 Å². The Kier molecular flexibility index (Phi) is 6.88. The third-order valence-electron chi connectivity index (χ3n) is 5.41. The molecule has 2 amide bonds. The SMILES string of the molecule is COc1ccccc1CNC(=O)[C@@H](NC(=O)[C@@H]1Cc2ccccc2C[NH2+]1)C(C)C. The zero-order valence-electron chi connectivity index (χ0n) is 17.3. The highest BCUT2D eigenvalue weighted by atomic mass is 16.5. The number of quaternary nitrogens is 1. The molecular formula is C23H30N3O3+. The summed E-state index contributed by atoms with van der Waals surface area (Å²) < 4.78 is 5.33. The van der Waals surface area contributed by atoms with Gasteiger partial charge in [0.2, 0.25) is 5.91 Å². The van der Waals surface area contributed by atoms with E-state index in [0.29, 0.717) is 13.0 Å². The average Bonchev–Trinajstić information content (AvgIpc) is 2.75. The van der Waals surface area contributed by atoms with Gasteiger partial charge in [-0.05, 0) is 17.5 Å². The summed E-state index contributed by atoms with van der Waals surface area (Å²) in [5, 5.41) is 7.95. The van der Waals surface area contributed by atoms with Crippen molar-refractivity contribution in [2.24, 2.45) is 5.92 Å². The number of nitrogens with two attached hydrogens (primary N) is 1. The molecule has 6 heteroatoms. The molecule has 154 valence electrons. The minimum Gasteiger partial charge on any atom is -0.496 e. The largest absolute Gasteiger partial charge is 0.496 e. The normalized spacial score (nSPS) is 16.6. The van der Waals surface area contributed by atoms with Gasteiger partial charge in [-0.2, -0.15) is 0 Å². The molecule has 1 aliphatic rings. The number of amides is 2. The fourth-order valence-corrected chi connectivity index (χ4v) is 3.68. The number of nitrogens with one attached hydrogen (secondary N) is 2. The molecular weight excluding hydrogens is 366 g/mol. The maximum Gasteiger partial charge on any atom is 0.279 e. The van der Waals surface area contributed by atoms with Crippen molar-refractivity contribution in [1.29, 1.82) is 0 Å². The average molecular weight is 397 g/mol. The number of methoxy groups -OCH3 is 1. The smallest absolute Gasteiger partial charge is 0.279 e. The van der Waals surface area contributed by atoms with Gasteiger partial charge in [0.15, 0.2) is 6.04 Å². The zero-order valence-corrected chi connectivity index (χ0v) is 17.3. The molecule has 0 aliphatic carbocycles. The summed E-state index contributed by atoms with van der Waals surface area (Å²) in [7, 11) is 1.61. The number of benzene rings is 2. The Balaban J connectivity index is 1.61. The molecule has 0 saturated carbocycles. The Labute approximate surface area is 172 Å². The van der Waals surface area contributed by atoms with Gasteiger partial charge >= 0.3 is 0 Å². The van der Waals surface area contributed by atoms with Crippen LogP contribution >= 0.6 is 0 Å². The molecule has 2 aromatic carbocycles. The van der Waals surface area contributed by atoms with E-state index in [4.69, 9.17) is 4.74 Å². The summed E-state index contributed by atoms with van der Waals surface area (Å²) in [6, 6.07) is 15.0. The third-order valence-corrected chi connectivity index (χ3v) is 5.41. The van der Waals surface area contributed by atoms with Crippen LogP contribution in [-0.4, -0.2) is 31.0 Å². The standard InChI is InChI=1S/C23H29N3O3/c1-15(2)21(23(28)25-14-18-10-6-7-11-20(18)29-3)26-22(27)19-12-16-8-4-5-9-17(16)13-24-19/h4-11,15,19,21,24H,12-14H2,1-3H3,(H,25,28)(H,26,27)/p+1/t19-,21-/m0/s1. The quantitative estimate of drug-likeness (QED) is 0.656. The predicted octanol–water partition coefficient (Wildman–Crippen LogP) is 1.14. The van der Waals surface area contributed by atoms with Gasteiger partial charge in [-0.1, -0.05) is 56.3 Å². The van der Waals surface area contributed by atoms with E-state index in [0.717, 1.165) is 17.9 Å². The summed E-state index contributed by atoms with van der Waals surface area (Å²) in [6.45, 7) is 5.01. The third kappa shape index (κ3) is 5.15. The minimum absolute atomic E-state index is 0.0208. The molecule has 4 N–H and O–H groups in total. The van der Waals surface area contributed by atoms with Crippen molar-refractivity contribution in [3.63, 3.8) is 0 Å². The summed E-state index contributed by atoms with van der Waals surface area (Å²) >= 11 is 0. The number of hydrogen-bond donors (Lipinski definition) is 3. The number of hydrogen-bond acceptors (Lipinski definition) is 3. The first-order valence-electron chi connectivity index (χ1n) is 10.1. The lowest BCUT2D eigenvalue weighted by Crippen LogP contribution is -2.93. The van der Waals surface area contributed by atoms with E-state index in [1.54, 1.807) is 7.11 Å². The molecule has 1 aliphatic heterocycles. The number of para-hydroxylation sites is 1. The number of carbonyl (C=O) groups is 2. The Morgan fingerprint density at radius 3 is 2.52 bits per heavy atom. The number of rotatable bonds is 7. The van der Waals surface area contributed by atoms with Gasteiger partial charge in [0.1, 0.15) is 18.3 Å². The molecule has 29 heavy (non-hydrogen) atoms. The number of fused-ring (bicyclic) bond motifs is 1. The fourth-order valence-electron chi connectivity index (χ4n) is 3.68. The first kappa shape index (κ1) is 20.9. The fraction of sp³-hybridized carbons (Fsp3) is 0.391. The van der Waals surface area contributed by atoms with Crippen LogP contribution in [0.3, 0.4) is 0 Å². The van der Waals surface area contributed by atoms with E-state index in [-0.39, 0.29) is 23.8 Å². The molecule has 3 rings (SSSR count). The molecule has 0 radical (unpaired) electrons. The van der Waals surface area contributed by atoms with Gasteiger partial charge in [-0.15, -0.1) is 0 Å². The van der Waals surface area contributed by atoms with Crippen molar-refractivity contribution >= 4 is 11.8 Å². The Morgan fingerprint density at radius 2 is 1.79 bits per heavy atom. The van der Waals surface area contributed by atoms with Gasteiger partial charge < -0.3 is 20.7 Å². The van der Waals surface area contributed by atoms with Crippen LogP contribution in [0.15, 0.2) is 48.5 Å². The van der Waals surface area contributed by atoms with Crippen molar-refractivity contribution in [2.45, 2.75) is 45.4 Å². The minimum atomic E-state index is -0.581. The molecule has 6 nitrogen and oxygen atoms in total. The Hall–Kier alpha value is -2.86. The van der Waals surface area contributed by atoms with Gasteiger partial charge in [0.05, 0.1) is 7.11 Å². The van der Waals surface area contributed by atoms with Crippen molar-refractivity contribution in [3.8, 4) is 5.75 Å². The lowest BCUT2D eigenvalue weighted by Gasteiger charge is -2.26. The molecule has 1 heterocycles. The van der Waals surface area contributed by atoms with Crippen molar-refractivity contribution in [2.75, 3.05) is 7.11 Å². The van der Waals surface area contributed by atoms with E-state index >= 15 is 0 Å². The van der Waals surface area contributed by atoms with E-state index in [1.165, 1.54) is 11.1 Å². The summed E-state index contributed by atoms with van der Waals surface area (Å²) in [5.74, 6) is 0.432. The van der Waals surface area contributed by atoms with Gasteiger partial charge in [-0.25, -0.2) is 0 Å². The van der Waals surface area contributed by atoms with Gasteiger partial charge in [-0.3, -0.25) is 9.59 Å². The Bertz CT molecular complexity index is 866. The highest BCUT2D eigenvalue weighted by Crippen LogP contribution is 2.17. The van der Waals surface area contributed by atoms with Crippen molar-refractivity contribution in [1.82, 2.24) is 10.6 Å². The van der Waals surface area contributed by atoms with Crippen molar-refractivity contribution in [3.05, 3.63) is 65.2 Å². The highest BCUT2D eigenvalue weighted by molar-refractivity contribution is 5.89. The van der Waals surface area contributed by atoms with Gasteiger partial charge in [0.25, 0.3) is 5.91 Å². The van der Waals surface area contributed by atoms with Crippen LogP contribution in [0.25, 0.3) is 0 Å². The number of ether oxygens (including phenoxy) is 1. The van der Waals surface area contributed by atoms with Crippen LogP contribution in [0.4, 0.5) is 0 Å². The topological polar surface area (TPSA) is 84.0 Å². The highest BCUT2D eigenvalue weighted by Gasteiger charge is 2.32. The maximum atomic E-state index is 12.9. The lowest BCUT2D eigenvalue weighted by atomic mass is 9.94. The lowest BCUT2D eigenvalue weighted by molar-refractivity contribution is -0.695. The van der Waals surface area contributed by atoms with E-state index in [9.17, 15) is 9.59 Å². The molecule has 0 aromatic heterocycles. The zero-order chi connectivity index (χ0) is 20.8. The first-order valence-corrected chi connectivity index (χ1v) is 10.1. The summed E-state index contributed by atoms with van der Waals surface area (Å²) in [4.78, 5) is 25.7. The number of carbonyl (C=O) groups excluding carboxylic acids is 2. The van der Waals surface area contributed by atoms with Gasteiger partial charge in [0, 0.05) is 24.1 Å². The van der Waals surface area contributed by atoms with Crippen LogP contribution in [0, 0.1) is 5.92 Å². The van der Waals surface area contributed by atoms with E-state index in [1.807, 2.05) is 55.6 Å². The molecule has 0 saturated heterocycles. The Morgan fingerprint density at radius 1 is 1.10 bits per heavy atom. The summed E-state index contributed by atoms with van der Waals surface area (Å²) in [6.07, 6.45) is 0.676. The van der Waals surface area contributed by atoms with Crippen LogP contribution in [0.1, 0.15) is 30.5 Å². The summed E-state index contributed by atoms with van der Waals surface area (Å²) in [5.41, 5.74) is 3.37. The second-order valence-electron chi connectivity index (χ2n) is 7.78. The molecule has 0 bridgehead atoms. The first-order chi connectivity index (χ1) is 14.0. The predicted molar refractivity (Wildman–Crippen MR) is 111 cm³/mol. The second-order valence-corrected chi connectivity index (χ2v) is 7.78.